The summed E-state index contributed by atoms with van der Waals surface area (Å²) >= 11 is 9.04. The molecule has 1 amide bonds. The van der Waals surface area contributed by atoms with Crippen LogP contribution in [-0.4, -0.2) is 20.7 Å². The number of carbonyl (C=O) groups is 1. The molecule has 2 heterocycles. The Kier molecular flexibility index (Phi) is 5.34. The summed E-state index contributed by atoms with van der Waals surface area (Å²) < 4.78 is 1.81. The summed E-state index contributed by atoms with van der Waals surface area (Å²) in [5.74, 6) is -0.217. The molecule has 3 rings (SSSR count). The minimum absolute atomic E-state index is 0.217. The van der Waals surface area contributed by atoms with Gasteiger partial charge in [0.15, 0.2) is 5.16 Å². The van der Waals surface area contributed by atoms with Crippen molar-refractivity contribution in [1.82, 2.24) is 14.8 Å². The van der Waals surface area contributed by atoms with Gasteiger partial charge in [-0.3, -0.25) is 4.79 Å². The quantitative estimate of drug-likeness (QED) is 0.673. The molecule has 8 heteroatoms. The van der Waals surface area contributed by atoms with E-state index in [0.29, 0.717) is 10.7 Å². The van der Waals surface area contributed by atoms with E-state index in [2.05, 4.69) is 15.5 Å². The number of halogens is 1. The second-order valence-electron chi connectivity index (χ2n) is 4.80. The number of hydrogen-bond donors (Lipinski definition) is 1. The highest BCUT2D eigenvalue weighted by atomic mass is 35.5. The highest BCUT2D eigenvalue weighted by Gasteiger charge is 2.11. The highest BCUT2D eigenvalue weighted by molar-refractivity contribution is 7.99. The number of hydrogen-bond acceptors (Lipinski definition) is 5. The van der Waals surface area contributed by atoms with Crippen LogP contribution in [0.4, 0.5) is 5.69 Å². The van der Waals surface area contributed by atoms with Gasteiger partial charge in [0.05, 0.1) is 5.69 Å². The lowest BCUT2D eigenvalue weighted by atomic mass is 10.3. The molecule has 0 spiro atoms. The maximum Gasteiger partial charge on any atom is 0.248 e. The van der Waals surface area contributed by atoms with Gasteiger partial charge in [0.25, 0.3) is 0 Å². The molecule has 0 unspecified atom stereocenters. The van der Waals surface area contributed by atoms with Crippen LogP contribution in [0.1, 0.15) is 4.88 Å². The normalized spacial score (nSPS) is 11.1. The fraction of sp³-hybridized carbons (Fsp3) is 0.0625. The van der Waals surface area contributed by atoms with E-state index in [1.807, 2.05) is 35.2 Å². The van der Waals surface area contributed by atoms with Crippen molar-refractivity contribution in [3.05, 3.63) is 58.0 Å². The van der Waals surface area contributed by atoms with Crippen LogP contribution in [-0.2, 0) is 11.8 Å². The first-order valence-electron chi connectivity index (χ1n) is 6.96. The van der Waals surface area contributed by atoms with Crippen molar-refractivity contribution in [2.24, 2.45) is 7.05 Å². The second kappa shape index (κ2) is 7.65. The lowest BCUT2D eigenvalue weighted by molar-refractivity contribution is -0.111. The maximum atomic E-state index is 12.2. The van der Waals surface area contributed by atoms with Gasteiger partial charge in [-0.25, -0.2) is 0 Å². The van der Waals surface area contributed by atoms with Gasteiger partial charge in [0.1, 0.15) is 6.33 Å². The van der Waals surface area contributed by atoms with E-state index in [0.717, 1.165) is 14.9 Å². The molecule has 0 aliphatic rings. The Balaban J connectivity index is 1.78. The van der Waals surface area contributed by atoms with Gasteiger partial charge in [-0.1, -0.05) is 17.7 Å². The topological polar surface area (TPSA) is 59.8 Å². The minimum Gasteiger partial charge on any atom is -0.321 e. The molecule has 0 saturated carbocycles. The molecule has 0 fully saturated rings. The molecule has 0 saturated heterocycles. The first kappa shape index (κ1) is 16.8. The van der Waals surface area contributed by atoms with E-state index in [9.17, 15) is 4.79 Å². The monoisotopic (exact) mass is 376 g/mol. The van der Waals surface area contributed by atoms with Crippen molar-refractivity contribution in [2.45, 2.75) is 10.1 Å². The Morgan fingerprint density at radius 1 is 1.42 bits per heavy atom. The van der Waals surface area contributed by atoms with Crippen LogP contribution >= 0.6 is 34.7 Å². The molecule has 0 radical (unpaired) electrons. The first-order chi connectivity index (χ1) is 11.6. The number of carbonyl (C=O) groups excluding carboxylic acids is 1. The molecular formula is C16H13ClN4OS2. The fourth-order valence-electron chi connectivity index (χ4n) is 1.87. The molecule has 0 aliphatic heterocycles. The van der Waals surface area contributed by atoms with Gasteiger partial charge in [0, 0.05) is 27.9 Å². The standard InChI is InChI=1S/C16H13ClN4OS2/c1-21-10-18-20-16(21)24-14-6-4-11(17)9-13(14)19-15(22)7-5-12-3-2-8-23-12/h2-10H,1H3,(H,19,22)/b7-5+. The van der Waals surface area contributed by atoms with Crippen LogP contribution in [0.25, 0.3) is 6.08 Å². The van der Waals surface area contributed by atoms with Gasteiger partial charge < -0.3 is 9.88 Å². The zero-order chi connectivity index (χ0) is 16.9. The summed E-state index contributed by atoms with van der Waals surface area (Å²) in [4.78, 5) is 14.0. The molecule has 24 heavy (non-hydrogen) atoms. The van der Waals surface area contributed by atoms with Gasteiger partial charge in [-0.05, 0) is 47.5 Å². The van der Waals surface area contributed by atoms with Gasteiger partial charge in [-0.2, -0.15) is 0 Å². The fourth-order valence-corrected chi connectivity index (χ4v) is 3.49. The Morgan fingerprint density at radius 2 is 2.29 bits per heavy atom. The Labute approximate surface area is 152 Å². The number of rotatable bonds is 5. The van der Waals surface area contributed by atoms with Crippen molar-refractivity contribution in [3.63, 3.8) is 0 Å². The summed E-state index contributed by atoms with van der Waals surface area (Å²) in [7, 11) is 1.86. The number of thiophene rings is 1. The molecule has 1 aromatic carbocycles. The van der Waals surface area contributed by atoms with Crippen molar-refractivity contribution in [1.29, 1.82) is 0 Å². The molecular weight excluding hydrogens is 364 g/mol. The van der Waals surface area contributed by atoms with Crippen LogP contribution < -0.4 is 5.32 Å². The average molecular weight is 377 g/mol. The van der Waals surface area contributed by atoms with Crippen LogP contribution in [0.3, 0.4) is 0 Å². The van der Waals surface area contributed by atoms with Crippen molar-refractivity contribution >= 4 is 52.4 Å². The molecule has 5 nitrogen and oxygen atoms in total. The lowest BCUT2D eigenvalue weighted by Crippen LogP contribution is -2.08. The van der Waals surface area contributed by atoms with Crippen LogP contribution in [0.15, 0.2) is 58.2 Å². The third-order valence-electron chi connectivity index (χ3n) is 3.01. The average Bonchev–Trinajstić information content (AvgIpc) is 3.20. The van der Waals surface area contributed by atoms with Crippen molar-refractivity contribution < 1.29 is 4.79 Å². The van der Waals surface area contributed by atoms with Crippen LogP contribution in [0.2, 0.25) is 5.02 Å². The van der Waals surface area contributed by atoms with Gasteiger partial charge >= 0.3 is 0 Å². The van der Waals surface area contributed by atoms with Crippen molar-refractivity contribution in [3.8, 4) is 0 Å². The smallest absolute Gasteiger partial charge is 0.248 e. The summed E-state index contributed by atoms with van der Waals surface area (Å²) in [6.07, 6.45) is 4.91. The van der Waals surface area contributed by atoms with E-state index in [1.165, 1.54) is 17.8 Å². The first-order valence-corrected chi connectivity index (χ1v) is 9.03. The minimum atomic E-state index is -0.217. The number of nitrogens with one attached hydrogen (secondary N) is 1. The SMILES string of the molecule is Cn1cnnc1Sc1ccc(Cl)cc1NC(=O)/C=C/c1cccs1. The van der Waals surface area contributed by atoms with Crippen LogP contribution in [0, 0.1) is 0 Å². The molecule has 0 bridgehead atoms. The largest absolute Gasteiger partial charge is 0.321 e. The number of anilines is 1. The Bertz CT molecular complexity index is 874. The molecule has 122 valence electrons. The zero-order valence-corrected chi connectivity index (χ0v) is 15.0. The van der Waals surface area contributed by atoms with Crippen LogP contribution in [0.5, 0.6) is 0 Å². The van der Waals surface area contributed by atoms with E-state index in [4.69, 9.17) is 11.6 Å². The predicted octanol–water partition coefficient (Wildman–Crippen LogP) is 4.33. The Morgan fingerprint density at radius 3 is 3.00 bits per heavy atom. The lowest BCUT2D eigenvalue weighted by Gasteiger charge is -2.09. The third-order valence-corrected chi connectivity index (χ3v) is 5.21. The Hall–Kier alpha value is -2.09. The van der Waals surface area contributed by atoms with Gasteiger partial charge in [-0.15, -0.1) is 21.5 Å². The van der Waals surface area contributed by atoms with E-state index in [1.54, 1.807) is 35.9 Å². The molecule has 1 N–H and O–H groups in total. The van der Waals surface area contributed by atoms with E-state index < -0.39 is 0 Å². The zero-order valence-electron chi connectivity index (χ0n) is 12.6. The molecule has 3 aromatic rings. The third kappa shape index (κ3) is 4.25. The summed E-state index contributed by atoms with van der Waals surface area (Å²) in [6.45, 7) is 0. The van der Waals surface area contributed by atoms with E-state index >= 15 is 0 Å². The van der Waals surface area contributed by atoms with E-state index in [-0.39, 0.29) is 5.91 Å². The number of aromatic nitrogens is 3. The molecule has 0 aliphatic carbocycles. The van der Waals surface area contributed by atoms with Crippen molar-refractivity contribution in [2.75, 3.05) is 5.32 Å². The number of nitrogens with zero attached hydrogens (tertiary/aromatic N) is 3. The predicted molar refractivity (Wildman–Crippen MR) is 98.6 cm³/mol. The maximum absolute atomic E-state index is 12.2. The summed E-state index contributed by atoms with van der Waals surface area (Å²) in [5.41, 5.74) is 0.635. The number of aryl methyl sites for hydroxylation is 1. The molecule has 2 aromatic heterocycles. The summed E-state index contributed by atoms with van der Waals surface area (Å²) in [5, 5.41) is 14.0. The number of benzene rings is 1. The van der Waals surface area contributed by atoms with Gasteiger partial charge in [0.2, 0.25) is 5.91 Å². The summed E-state index contributed by atoms with van der Waals surface area (Å²) in [6, 6.07) is 9.23. The highest BCUT2D eigenvalue weighted by Crippen LogP contribution is 2.34. The second-order valence-corrected chi connectivity index (χ2v) is 7.23. The number of amides is 1. The molecule has 0 atom stereocenters.